The van der Waals surface area contributed by atoms with Gasteiger partial charge >= 0.3 is 12.1 Å². The van der Waals surface area contributed by atoms with Crippen molar-refractivity contribution >= 4 is 17.3 Å². The molecule has 0 bridgehead atoms. The Kier molecular flexibility index (Phi) is 5.15. The second-order valence-electron chi connectivity index (χ2n) is 4.04. The fourth-order valence-corrected chi connectivity index (χ4v) is 2.42. The van der Waals surface area contributed by atoms with Crippen molar-refractivity contribution in [1.82, 2.24) is 5.32 Å². The van der Waals surface area contributed by atoms with Gasteiger partial charge in [-0.05, 0) is 19.1 Å². The van der Waals surface area contributed by atoms with Crippen LogP contribution in [0.3, 0.4) is 0 Å². The standard InChI is InChI=1S/C11H14F3NO2S/c1-7(5-11(12,13)14)15-6-9-3-2-8(18-9)4-10(16)17/h2-3,7,15H,4-6H2,1H3,(H,16,17). The molecule has 0 saturated carbocycles. The molecule has 1 aromatic rings. The first kappa shape index (κ1) is 15.0. The molecule has 0 spiro atoms. The second kappa shape index (κ2) is 6.19. The van der Waals surface area contributed by atoms with Crippen LogP contribution in [0.25, 0.3) is 0 Å². The van der Waals surface area contributed by atoms with E-state index in [1.165, 1.54) is 18.3 Å². The highest BCUT2D eigenvalue weighted by atomic mass is 32.1. The Labute approximate surface area is 107 Å². The first-order valence-corrected chi connectivity index (χ1v) is 6.17. The van der Waals surface area contributed by atoms with Gasteiger partial charge in [0.05, 0.1) is 12.8 Å². The summed E-state index contributed by atoms with van der Waals surface area (Å²) in [6.45, 7) is 1.79. The van der Waals surface area contributed by atoms with Crippen molar-refractivity contribution < 1.29 is 23.1 Å². The van der Waals surface area contributed by atoms with Gasteiger partial charge in [0.25, 0.3) is 0 Å². The van der Waals surface area contributed by atoms with Gasteiger partial charge in [0.15, 0.2) is 0 Å². The van der Waals surface area contributed by atoms with Crippen LogP contribution in [0.4, 0.5) is 13.2 Å². The van der Waals surface area contributed by atoms with E-state index in [0.29, 0.717) is 11.4 Å². The first-order chi connectivity index (χ1) is 8.26. The quantitative estimate of drug-likeness (QED) is 0.843. The van der Waals surface area contributed by atoms with Gasteiger partial charge in [-0.2, -0.15) is 13.2 Å². The third-order valence-electron chi connectivity index (χ3n) is 2.21. The van der Waals surface area contributed by atoms with Crippen molar-refractivity contribution in [2.24, 2.45) is 0 Å². The number of thiophene rings is 1. The molecule has 1 aromatic heterocycles. The van der Waals surface area contributed by atoms with Crippen LogP contribution in [-0.4, -0.2) is 23.3 Å². The summed E-state index contributed by atoms with van der Waals surface area (Å²) in [5.41, 5.74) is 0. The topological polar surface area (TPSA) is 49.3 Å². The molecule has 102 valence electrons. The number of aliphatic carboxylic acids is 1. The fraction of sp³-hybridized carbons (Fsp3) is 0.545. The lowest BCUT2D eigenvalue weighted by Crippen LogP contribution is -2.30. The smallest absolute Gasteiger partial charge is 0.390 e. The lowest BCUT2D eigenvalue weighted by atomic mass is 10.2. The van der Waals surface area contributed by atoms with Gasteiger partial charge in [0.1, 0.15) is 0 Å². The minimum atomic E-state index is -4.17. The van der Waals surface area contributed by atoms with Crippen LogP contribution in [0.5, 0.6) is 0 Å². The lowest BCUT2D eigenvalue weighted by Gasteiger charge is -2.14. The number of hydrogen-bond acceptors (Lipinski definition) is 3. The Bertz CT molecular complexity index is 403. The zero-order valence-electron chi connectivity index (χ0n) is 9.75. The van der Waals surface area contributed by atoms with E-state index in [-0.39, 0.29) is 6.42 Å². The summed E-state index contributed by atoms with van der Waals surface area (Å²) in [5, 5.41) is 11.4. The summed E-state index contributed by atoms with van der Waals surface area (Å²) in [6, 6.07) is 2.76. The maximum absolute atomic E-state index is 12.1. The number of carboxylic acid groups (broad SMARTS) is 1. The van der Waals surface area contributed by atoms with E-state index in [4.69, 9.17) is 5.11 Å². The number of halogens is 3. The van der Waals surface area contributed by atoms with Crippen LogP contribution < -0.4 is 5.32 Å². The Morgan fingerprint density at radius 2 is 2.06 bits per heavy atom. The summed E-state index contributed by atoms with van der Waals surface area (Å²) >= 11 is 1.30. The molecule has 1 rings (SSSR count). The van der Waals surface area contributed by atoms with E-state index in [2.05, 4.69) is 5.32 Å². The minimum Gasteiger partial charge on any atom is -0.481 e. The van der Waals surface area contributed by atoms with E-state index in [0.717, 1.165) is 4.88 Å². The van der Waals surface area contributed by atoms with Gasteiger partial charge in [0, 0.05) is 22.3 Å². The first-order valence-electron chi connectivity index (χ1n) is 5.36. The van der Waals surface area contributed by atoms with E-state index < -0.39 is 24.6 Å². The molecule has 3 nitrogen and oxygen atoms in total. The average molecular weight is 281 g/mol. The Morgan fingerprint density at radius 1 is 1.44 bits per heavy atom. The van der Waals surface area contributed by atoms with Crippen molar-refractivity contribution in [3.05, 3.63) is 21.9 Å². The summed E-state index contributed by atoms with van der Waals surface area (Å²) in [5.74, 6) is -0.915. The third kappa shape index (κ3) is 6.02. The SMILES string of the molecule is CC(CC(F)(F)F)NCc1ccc(CC(=O)O)s1. The highest BCUT2D eigenvalue weighted by molar-refractivity contribution is 7.12. The Balaban J connectivity index is 2.39. The molecule has 7 heteroatoms. The molecule has 0 aliphatic heterocycles. The highest BCUT2D eigenvalue weighted by Crippen LogP contribution is 2.22. The number of hydrogen-bond donors (Lipinski definition) is 2. The molecule has 0 aliphatic carbocycles. The molecule has 18 heavy (non-hydrogen) atoms. The minimum absolute atomic E-state index is 0.0528. The number of rotatable bonds is 6. The van der Waals surface area contributed by atoms with Crippen molar-refractivity contribution in [1.29, 1.82) is 0 Å². The molecule has 0 saturated heterocycles. The van der Waals surface area contributed by atoms with Gasteiger partial charge < -0.3 is 10.4 Å². The summed E-state index contributed by atoms with van der Waals surface area (Å²) in [7, 11) is 0. The predicted octanol–water partition coefficient (Wildman–Crippen LogP) is 2.81. The van der Waals surface area contributed by atoms with Crippen LogP contribution in [-0.2, 0) is 17.8 Å². The number of carboxylic acids is 1. The van der Waals surface area contributed by atoms with Crippen molar-refractivity contribution in [3.63, 3.8) is 0 Å². The van der Waals surface area contributed by atoms with Crippen LogP contribution in [0.15, 0.2) is 12.1 Å². The average Bonchev–Trinajstić information content (AvgIpc) is 2.59. The lowest BCUT2D eigenvalue weighted by molar-refractivity contribution is -0.139. The Hall–Kier alpha value is -1.08. The molecule has 0 amide bonds. The van der Waals surface area contributed by atoms with E-state index >= 15 is 0 Å². The van der Waals surface area contributed by atoms with E-state index in [9.17, 15) is 18.0 Å². The molecular formula is C11H14F3NO2S. The monoisotopic (exact) mass is 281 g/mol. The van der Waals surface area contributed by atoms with Gasteiger partial charge in [-0.15, -0.1) is 11.3 Å². The van der Waals surface area contributed by atoms with Crippen LogP contribution in [0, 0.1) is 0 Å². The zero-order chi connectivity index (χ0) is 13.8. The molecule has 1 atom stereocenters. The maximum Gasteiger partial charge on any atom is 0.390 e. The number of nitrogens with one attached hydrogen (secondary N) is 1. The van der Waals surface area contributed by atoms with E-state index in [1.807, 2.05) is 0 Å². The highest BCUT2D eigenvalue weighted by Gasteiger charge is 2.29. The molecule has 1 heterocycles. The number of carbonyl (C=O) groups is 1. The fourth-order valence-electron chi connectivity index (χ4n) is 1.46. The van der Waals surface area contributed by atoms with Crippen molar-refractivity contribution in [2.75, 3.05) is 0 Å². The third-order valence-corrected chi connectivity index (χ3v) is 3.29. The zero-order valence-corrected chi connectivity index (χ0v) is 10.6. The summed E-state index contributed by atoms with van der Waals surface area (Å²) in [4.78, 5) is 12.0. The van der Waals surface area contributed by atoms with Gasteiger partial charge in [0.2, 0.25) is 0 Å². The van der Waals surface area contributed by atoms with Gasteiger partial charge in [-0.3, -0.25) is 4.79 Å². The molecule has 0 aromatic carbocycles. The molecular weight excluding hydrogens is 267 g/mol. The maximum atomic E-state index is 12.1. The van der Waals surface area contributed by atoms with Crippen LogP contribution >= 0.6 is 11.3 Å². The van der Waals surface area contributed by atoms with Gasteiger partial charge in [-0.1, -0.05) is 0 Å². The van der Waals surface area contributed by atoms with Crippen molar-refractivity contribution in [3.8, 4) is 0 Å². The van der Waals surface area contributed by atoms with Crippen molar-refractivity contribution in [2.45, 2.75) is 38.5 Å². The normalized spacial score (nSPS) is 13.6. The summed E-state index contributed by atoms with van der Waals surface area (Å²) in [6.07, 6.45) is -5.10. The largest absolute Gasteiger partial charge is 0.481 e. The van der Waals surface area contributed by atoms with Crippen LogP contribution in [0.2, 0.25) is 0 Å². The molecule has 2 N–H and O–H groups in total. The molecule has 1 unspecified atom stereocenters. The molecule has 0 radical (unpaired) electrons. The Morgan fingerprint density at radius 3 is 2.61 bits per heavy atom. The second-order valence-corrected chi connectivity index (χ2v) is 5.29. The molecule has 0 aliphatic rings. The van der Waals surface area contributed by atoms with Gasteiger partial charge in [-0.25, -0.2) is 0 Å². The van der Waals surface area contributed by atoms with E-state index in [1.54, 1.807) is 12.1 Å². The number of alkyl halides is 3. The summed E-state index contributed by atoms with van der Waals surface area (Å²) < 4.78 is 36.2. The predicted molar refractivity (Wildman–Crippen MR) is 62.6 cm³/mol. The molecule has 0 fully saturated rings. The van der Waals surface area contributed by atoms with Crippen LogP contribution in [0.1, 0.15) is 23.1 Å².